The van der Waals surface area contributed by atoms with Crippen LogP contribution in [0.25, 0.3) is 16.9 Å². The molecule has 2 N–H and O–H groups in total. The number of rotatable bonds is 5. The van der Waals surface area contributed by atoms with E-state index in [4.69, 9.17) is 15.2 Å². The third kappa shape index (κ3) is 3.39. The minimum atomic E-state index is -0.711. The lowest BCUT2D eigenvalue weighted by atomic mass is 10.1. The molecule has 32 heavy (non-hydrogen) atoms. The van der Waals surface area contributed by atoms with Gasteiger partial charge in [-0.1, -0.05) is 36.4 Å². The van der Waals surface area contributed by atoms with E-state index in [-0.39, 0.29) is 24.0 Å². The molecule has 0 unspecified atom stereocenters. The predicted octanol–water partition coefficient (Wildman–Crippen LogP) is 2.50. The normalized spacial score (nSPS) is 12.2. The van der Waals surface area contributed by atoms with Crippen molar-refractivity contribution in [2.75, 3.05) is 13.8 Å². The minimum Gasteiger partial charge on any atom is -0.454 e. The van der Waals surface area contributed by atoms with Crippen LogP contribution in [0.1, 0.15) is 26.5 Å². The highest BCUT2D eigenvalue weighted by atomic mass is 16.7. The van der Waals surface area contributed by atoms with E-state index in [0.717, 1.165) is 11.1 Å². The van der Waals surface area contributed by atoms with Gasteiger partial charge in [0, 0.05) is 19.2 Å². The molecule has 9 nitrogen and oxygen atoms in total. The lowest BCUT2D eigenvalue weighted by Crippen LogP contribution is -2.28. The fourth-order valence-corrected chi connectivity index (χ4v) is 3.65. The van der Waals surface area contributed by atoms with Crippen molar-refractivity contribution < 1.29 is 19.1 Å². The first-order valence-corrected chi connectivity index (χ1v) is 9.88. The van der Waals surface area contributed by atoms with Crippen molar-refractivity contribution in [2.24, 2.45) is 5.73 Å². The number of aromatic nitrogens is 3. The molecule has 0 radical (unpaired) electrons. The van der Waals surface area contributed by atoms with Gasteiger partial charge in [0.05, 0.1) is 5.69 Å². The van der Waals surface area contributed by atoms with E-state index in [1.807, 2.05) is 48.5 Å². The van der Waals surface area contributed by atoms with E-state index < -0.39 is 5.91 Å². The number of nitrogens with zero attached hydrogens (tertiary/aromatic N) is 4. The maximum absolute atomic E-state index is 13.4. The van der Waals surface area contributed by atoms with Gasteiger partial charge in [-0.05, 0) is 23.8 Å². The van der Waals surface area contributed by atoms with Crippen LogP contribution < -0.4 is 15.2 Å². The highest BCUT2D eigenvalue weighted by Crippen LogP contribution is 2.33. The summed E-state index contributed by atoms with van der Waals surface area (Å²) < 4.78 is 12.3. The van der Waals surface area contributed by atoms with Gasteiger partial charge in [-0.2, -0.15) is 0 Å². The van der Waals surface area contributed by atoms with Crippen molar-refractivity contribution >= 4 is 17.5 Å². The van der Waals surface area contributed by atoms with Gasteiger partial charge in [0.25, 0.3) is 11.8 Å². The Hall–Kier alpha value is -4.40. The lowest BCUT2D eigenvalue weighted by Gasteiger charge is -2.19. The molecule has 1 aliphatic rings. The standard InChI is InChI=1S/C23H19N5O4/c1-27(11-14-7-8-18-19(9-14)32-13-31-18)23(30)17-10-16(15-5-3-2-4-6-15)26-22-20(21(24)29)25-12-28(17)22/h2-10,12H,11,13H2,1H3,(H2,24,29). The molecule has 2 aromatic carbocycles. The molecule has 9 heteroatoms. The second kappa shape index (κ2) is 7.69. The van der Waals surface area contributed by atoms with E-state index in [1.54, 1.807) is 18.0 Å². The summed E-state index contributed by atoms with van der Waals surface area (Å²) >= 11 is 0. The number of hydrogen-bond donors (Lipinski definition) is 1. The van der Waals surface area contributed by atoms with Crippen LogP contribution in [0.2, 0.25) is 0 Å². The van der Waals surface area contributed by atoms with Crippen LogP contribution in [-0.4, -0.2) is 44.9 Å². The van der Waals surface area contributed by atoms with Crippen molar-refractivity contribution in [1.82, 2.24) is 19.3 Å². The molecule has 4 aromatic rings. The molecule has 2 amide bonds. The Kier molecular flexibility index (Phi) is 4.70. The third-order valence-electron chi connectivity index (χ3n) is 5.23. The molecule has 2 aromatic heterocycles. The summed E-state index contributed by atoms with van der Waals surface area (Å²) in [6.45, 7) is 0.533. The molecular weight excluding hydrogens is 410 g/mol. The molecule has 0 bridgehead atoms. The molecule has 0 saturated carbocycles. The molecule has 5 rings (SSSR count). The predicted molar refractivity (Wildman–Crippen MR) is 115 cm³/mol. The fourth-order valence-electron chi connectivity index (χ4n) is 3.65. The molecule has 0 fully saturated rings. The van der Waals surface area contributed by atoms with E-state index in [9.17, 15) is 9.59 Å². The average molecular weight is 429 g/mol. The van der Waals surface area contributed by atoms with Crippen LogP contribution in [0.3, 0.4) is 0 Å². The van der Waals surface area contributed by atoms with E-state index >= 15 is 0 Å². The molecular formula is C23H19N5O4. The van der Waals surface area contributed by atoms with Gasteiger partial charge in [-0.15, -0.1) is 0 Å². The second-order valence-corrected chi connectivity index (χ2v) is 7.39. The number of nitrogens with two attached hydrogens (primary N) is 1. The molecule has 0 spiro atoms. The topological polar surface area (TPSA) is 112 Å². The van der Waals surface area contributed by atoms with Gasteiger partial charge in [0.1, 0.15) is 12.0 Å². The smallest absolute Gasteiger partial charge is 0.271 e. The number of primary amides is 1. The SMILES string of the molecule is CN(Cc1ccc2c(c1)OCO2)C(=O)c1cc(-c2ccccc2)nc2c(C(N)=O)ncn12. The molecule has 0 aliphatic carbocycles. The van der Waals surface area contributed by atoms with Crippen LogP contribution in [-0.2, 0) is 6.54 Å². The quantitative estimate of drug-likeness (QED) is 0.522. The summed E-state index contributed by atoms with van der Waals surface area (Å²) in [7, 11) is 1.70. The first-order chi connectivity index (χ1) is 15.5. The van der Waals surface area contributed by atoms with Crippen molar-refractivity contribution in [1.29, 1.82) is 0 Å². The van der Waals surface area contributed by atoms with Crippen LogP contribution in [0.4, 0.5) is 0 Å². The zero-order valence-corrected chi connectivity index (χ0v) is 17.2. The van der Waals surface area contributed by atoms with E-state index in [2.05, 4.69) is 9.97 Å². The number of benzene rings is 2. The minimum absolute atomic E-state index is 0.00950. The number of fused-ring (bicyclic) bond motifs is 2. The van der Waals surface area contributed by atoms with E-state index in [0.29, 0.717) is 29.4 Å². The number of carbonyl (C=O) groups excluding carboxylic acids is 2. The Bertz CT molecular complexity index is 1350. The van der Waals surface area contributed by atoms with Gasteiger partial charge < -0.3 is 20.1 Å². The van der Waals surface area contributed by atoms with Crippen molar-refractivity contribution in [3.63, 3.8) is 0 Å². The van der Waals surface area contributed by atoms with Gasteiger partial charge in [0.2, 0.25) is 6.79 Å². The highest BCUT2D eigenvalue weighted by Gasteiger charge is 2.22. The Morgan fingerprint density at radius 2 is 1.88 bits per heavy atom. The maximum atomic E-state index is 13.4. The number of ether oxygens (including phenoxy) is 2. The zero-order chi connectivity index (χ0) is 22.2. The highest BCUT2D eigenvalue weighted by molar-refractivity contribution is 5.99. The molecule has 160 valence electrons. The maximum Gasteiger partial charge on any atom is 0.271 e. The zero-order valence-electron chi connectivity index (χ0n) is 17.2. The Labute approximate surface area is 183 Å². The summed E-state index contributed by atoms with van der Waals surface area (Å²) in [5, 5.41) is 0. The number of amides is 2. The Morgan fingerprint density at radius 1 is 1.09 bits per heavy atom. The van der Waals surface area contributed by atoms with Crippen LogP contribution in [0.5, 0.6) is 11.5 Å². The monoisotopic (exact) mass is 429 g/mol. The summed E-state index contributed by atoms with van der Waals surface area (Å²) in [5.74, 6) is 0.364. The van der Waals surface area contributed by atoms with Crippen LogP contribution in [0, 0.1) is 0 Å². The van der Waals surface area contributed by atoms with Crippen molar-refractivity contribution in [2.45, 2.75) is 6.54 Å². The first kappa shape index (κ1) is 19.6. The lowest BCUT2D eigenvalue weighted by molar-refractivity contribution is 0.0777. The van der Waals surface area contributed by atoms with Gasteiger partial charge >= 0.3 is 0 Å². The van der Waals surface area contributed by atoms with Crippen molar-refractivity contribution in [3.8, 4) is 22.8 Å². The Morgan fingerprint density at radius 3 is 2.66 bits per heavy atom. The van der Waals surface area contributed by atoms with Gasteiger partial charge in [-0.25, -0.2) is 9.97 Å². The summed E-state index contributed by atoms with van der Waals surface area (Å²) in [5.41, 5.74) is 8.27. The number of hydrogen-bond acceptors (Lipinski definition) is 6. The third-order valence-corrected chi connectivity index (χ3v) is 5.23. The van der Waals surface area contributed by atoms with Gasteiger partial charge in [0.15, 0.2) is 22.8 Å². The second-order valence-electron chi connectivity index (χ2n) is 7.39. The fraction of sp³-hybridized carbons (Fsp3) is 0.130. The first-order valence-electron chi connectivity index (χ1n) is 9.88. The summed E-state index contributed by atoms with van der Waals surface area (Å²) in [6.07, 6.45) is 1.39. The van der Waals surface area contributed by atoms with Crippen LogP contribution in [0.15, 0.2) is 60.9 Å². The molecule has 1 aliphatic heterocycles. The molecule has 3 heterocycles. The van der Waals surface area contributed by atoms with Gasteiger partial charge in [-0.3, -0.25) is 14.0 Å². The van der Waals surface area contributed by atoms with E-state index in [1.165, 1.54) is 10.7 Å². The number of imidazole rings is 1. The average Bonchev–Trinajstić information content (AvgIpc) is 3.45. The summed E-state index contributed by atoms with van der Waals surface area (Å²) in [4.78, 5) is 35.5. The number of carbonyl (C=O) groups is 2. The van der Waals surface area contributed by atoms with Crippen molar-refractivity contribution in [3.05, 3.63) is 77.9 Å². The molecule has 0 saturated heterocycles. The Balaban J connectivity index is 1.54. The van der Waals surface area contributed by atoms with Crippen LogP contribution >= 0.6 is 0 Å². The largest absolute Gasteiger partial charge is 0.454 e. The molecule has 0 atom stereocenters. The summed E-state index contributed by atoms with van der Waals surface area (Å²) in [6, 6.07) is 16.6.